The smallest absolute Gasteiger partial charge is 0.0218 e. The summed E-state index contributed by atoms with van der Waals surface area (Å²) in [4.78, 5) is 1.50. The van der Waals surface area contributed by atoms with Gasteiger partial charge in [0, 0.05) is 15.1 Å². The third-order valence-corrected chi connectivity index (χ3v) is 4.01. The standard InChI is InChI=1S/C9H9BrS/c1-6-2-3-8(10)7-4-5-11-9(6)7/h2-3H,4-5H2,1H3. The van der Waals surface area contributed by atoms with Gasteiger partial charge in [0.2, 0.25) is 0 Å². The molecule has 0 N–H and O–H groups in total. The lowest BCUT2D eigenvalue weighted by Crippen LogP contribution is -1.84. The summed E-state index contributed by atoms with van der Waals surface area (Å²) in [6.07, 6.45) is 1.22. The highest BCUT2D eigenvalue weighted by Gasteiger charge is 2.15. The summed E-state index contributed by atoms with van der Waals surface area (Å²) < 4.78 is 1.28. The van der Waals surface area contributed by atoms with Crippen LogP contribution in [0.15, 0.2) is 21.5 Å². The van der Waals surface area contributed by atoms with Gasteiger partial charge in [-0.15, -0.1) is 11.8 Å². The summed E-state index contributed by atoms with van der Waals surface area (Å²) >= 11 is 5.55. The van der Waals surface area contributed by atoms with Crippen molar-refractivity contribution in [2.45, 2.75) is 18.2 Å². The van der Waals surface area contributed by atoms with E-state index in [-0.39, 0.29) is 0 Å². The average Bonchev–Trinajstić information content (AvgIpc) is 2.45. The Hall–Kier alpha value is 0.0500. The molecule has 0 saturated heterocycles. The Morgan fingerprint density at radius 3 is 3.00 bits per heavy atom. The molecule has 0 aliphatic carbocycles. The topological polar surface area (TPSA) is 0 Å². The van der Waals surface area contributed by atoms with Crippen LogP contribution < -0.4 is 0 Å². The number of fused-ring (bicyclic) bond motifs is 1. The molecule has 1 aliphatic rings. The number of halogens is 1. The van der Waals surface area contributed by atoms with Crippen molar-refractivity contribution in [1.82, 2.24) is 0 Å². The maximum atomic E-state index is 3.57. The van der Waals surface area contributed by atoms with E-state index in [9.17, 15) is 0 Å². The second-order valence-electron chi connectivity index (χ2n) is 2.77. The van der Waals surface area contributed by atoms with Crippen molar-refractivity contribution in [3.05, 3.63) is 27.7 Å². The molecule has 1 aromatic rings. The van der Waals surface area contributed by atoms with Crippen molar-refractivity contribution in [1.29, 1.82) is 0 Å². The molecule has 0 spiro atoms. The van der Waals surface area contributed by atoms with Crippen LogP contribution in [0.4, 0.5) is 0 Å². The second-order valence-corrected chi connectivity index (χ2v) is 4.73. The monoisotopic (exact) mass is 228 g/mol. The number of hydrogen-bond donors (Lipinski definition) is 0. The van der Waals surface area contributed by atoms with Gasteiger partial charge in [0.1, 0.15) is 0 Å². The van der Waals surface area contributed by atoms with Gasteiger partial charge in [-0.25, -0.2) is 0 Å². The molecule has 0 radical (unpaired) electrons. The molecule has 0 bridgehead atoms. The normalized spacial score (nSPS) is 15.1. The molecule has 1 aromatic carbocycles. The van der Waals surface area contributed by atoms with Crippen LogP contribution in [0.2, 0.25) is 0 Å². The van der Waals surface area contributed by atoms with Gasteiger partial charge in [-0.3, -0.25) is 0 Å². The maximum Gasteiger partial charge on any atom is 0.0218 e. The van der Waals surface area contributed by atoms with Gasteiger partial charge in [0.15, 0.2) is 0 Å². The van der Waals surface area contributed by atoms with Crippen molar-refractivity contribution >= 4 is 27.7 Å². The van der Waals surface area contributed by atoms with Gasteiger partial charge in [0.05, 0.1) is 0 Å². The Balaban J connectivity index is 2.64. The SMILES string of the molecule is Cc1ccc(Br)c2c1SCC2. The largest absolute Gasteiger partial charge is 0.125 e. The van der Waals surface area contributed by atoms with Crippen molar-refractivity contribution in [2.24, 2.45) is 0 Å². The highest BCUT2D eigenvalue weighted by atomic mass is 79.9. The minimum Gasteiger partial charge on any atom is -0.125 e. The van der Waals surface area contributed by atoms with Crippen LogP contribution in [0, 0.1) is 6.92 Å². The lowest BCUT2D eigenvalue weighted by Gasteiger charge is -2.03. The first-order chi connectivity index (χ1) is 5.29. The summed E-state index contributed by atoms with van der Waals surface area (Å²) in [6.45, 7) is 2.18. The predicted molar refractivity (Wildman–Crippen MR) is 53.3 cm³/mol. The highest BCUT2D eigenvalue weighted by Crippen LogP contribution is 2.38. The van der Waals surface area contributed by atoms with E-state index in [4.69, 9.17) is 0 Å². The van der Waals surface area contributed by atoms with Crippen LogP contribution >= 0.6 is 27.7 Å². The first kappa shape index (κ1) is 7.69. The zero-order valence-electron chi connectivity index (χ0n) is 6.36. The summed E-state index contributed by atoms with van der Waals surface area (Å²) in [5.74, 6) is 1.25. The molecule has 0 amide bonds. The molecule has 0 fully saturated rings. The molecule has 58 valence electrons. The summed E-state index contributed by atoms with van der Waals surface area (Å²) in [6, 6.07) is 4.33. The van der Waals surface area contributed by atoms with Gasteiger partial charge < -0.3 is 0 Å². The van der Waals surface area contributed by atoms with Crippen molar-refractivity contribution in [3.63, 3.8) is 0 Å². The third kappa shape index (κ3) is 1.23. The van der Waals surface area contributed by atoms with Crippen molar-refractivity contribution < 1.29 is 0 Å². The minimum atomic E-state index is 1.22. The zero-order chi connectivity index (χ0) is 7.84. The Labute approximate surface area is 79.5 Å². The molecule has 0 saturated carbocycles. The van der Waals surface area contributed by atoms with E-state index in [2.05, 4.69) is 35.0 Å². The number of benzene rings is 1. The van der Waals surface area contributed by atoms with Crippen molar-refractivity contribution in [2.75, 3.05) is 5.75 Å². The van der Waals surface area contributed by atoms with E-state index in [1.807, 2.05) is 11.8 Å². The average molecular weight is 229 g/mol. The molecule has 2 heteroatoms. The highest BCUT2D eigenvalue weighted by molar-refractivity contribution is 9.10. The molecule has 1 aliphatic heterocycles. The molecule has 1 heterocycles. The number of rotatable bonds is 0. The molecular formula is C9H9BrS. The molecule has 11 heavy (non-hydrogen) atoms. The van der Waals surface area contributed by atoms with Crippen LogP contribution in [-0.4, -0.2) is 5.75 Å². The van der Waals surface area contributed by atoms with Gasteiger partial charge in [-0.05, 0) is 30.5 Å². The van der Waals surface area contributed by atoms with Gasteiger partial charge in [-0.1, -0.05) is 22.0 Å². The molecule has 0 nitrogen and oxygen atoms in total. The lowest BCUT2D eigenvalue weighted by molar-refractivity contribution is 1.11. The lowest BCUT2D eigenvalue weighted by atomic mass is 10.1. The van der Waals surface area contributed by atoms with Crippen molar-refractivity contribution in [3.8, 4) is 0 Å². The Morgan fingerprint density at radius 1 is 1.45 bits per heavy atom. The van der Waals surface area contributed by atoms with E-state index < -0.39 is 0 Å². The van der Waals surface area contributed by atoms with Gasteiger partial charge >= 0.3 is 0 Å². The van der Waals surface area contributed by atoms with Crippen LogP contribution in [0.3, 0.4) is 0 Å². The van der Waals surface area contributed by atoms with Crippen LogP contribution in [0.1, 0.15) is 11.1 Å². The minimum absolute atomic E-state index is 1.22. The van der Waals surface area contributed by atoms with Crippen LogP contribution in [-0.2, 0) is 6.42 Å². The Kier molecular flexibility index (Phi) is 1.98. The fraction of sp³-hybridized carbons (Fsp3) is 0.333. The fourth-order valence-electron chi connectivity index (χ4n) is 1.41. The Morgan fingerprint density at radius 2 is 2.27 bits per heavy atom. The van der Waals surface area contributed by atoms with Crippen LogP contribution in [0.25, 0.3) is 0 Å². The Bertz CT molecular complexity index is 265. The molecular weight excluding hydrogens is 220 g/mol. The third-order valence-electron chi connectivity index (χ3n) is 2.00. The predicted octanol–water partition coefficient (Wildman–Crippen LogP) is 3.41. The summed E-state index contributed by atoms with van der Waals surface area (Å²) in [5.41, 5.74) is 2.93. The first-order valence-electron chi connectivity index (χ1n) is 3.70. The summed E-state index contributed by atoms with van der Waals surface area (Å²) in [7, 11) is 0. The van der Waals surface area contributed by atoms with E-state index in [1.54, 1.807) is 0 Å². The molecule has 0 atom stereocenters. The zero-order valence-corrected chi connectivity index (χ0v) is 8.76. The molecule has 0 unspecified atom stereocenters. The van der Waals surface area contributed by atoms with Gasteiger partial charge in [-0.2, -0.15) is 0 Å². The molecule has 0 aromatic heterocycles. The first-order valence-corrected chi connectivity index (χ1v) is 5.47. The van der Waals surface area contributed by atoms with E-state index in [0.29, 0.717) is 0 Å². The maximum absolute atomic E-state index is 3.57. The van der Waals surface area contributed by atoms with E-state index in [1.165, 1.54) is 32.7 Å². The van der Waals surface area contributed by atoms with Crippen LogP contribution in [0.5, 0.6) is 0 Å². The number of hydrogen-bond acceptors (Lipinski definition) is 1. The second kappa shape index (κ2) is 2.83. The summed E-state index contributed by atoms with van der Waals surface area (Å²) in [5, 5.41) is 0. The van der Waals surface area contributed by atoms with E-state index >= 15 is 0 Å². The molecule has 2 rings (SSSR count). The number of aryl methyl sites for hydroxylation is 1. The number of thioether (sulfide) groups is 1. The fourth-order valence-corrected chi connectivity index (χ4v) is 3.26. The van der Waals surface area contributed by atoms with E-state index in [0.717, 1.165) is 0 Å². The van der Waals surface area contributed by atoms with Gasteiger partial charge in [0.25, 0.3) is 0 Å². The quantitative estimate of drug-likeness (QED) is 0.656.